The highest BCUT2D eigenvalue weighted by Crippen LogP contribution is 2.22. The fraction of sp³-hybridized carbons (Fsp3) is 0.318. The molecule has 0 radical (unpaired) electrons. The Labute approximate surface area is 184 Å². The number of pyridine rings is 1. The van der Waals surface area contributed by atoms with Gasteiger partial charge in [0.15, 0.2) is 0 Å². The Bertz CT molecular complexity index is 999. The molecule has 1 fully saturated rings. The second-order valence-corrected chi connectivity index (χ2v) is 8.69. The Hall–Kier alpha value is -2.64. The normalized spacial score (nSPS) is 13.5. The summed E-state index contributed by atoms with van der Waals surface area (Å²) in [7, 11) is 0. The Kier molecular flexibility index (Phi) is 6.50. The second-order valence-electron chi connectivity index (χ2n) is 7.17. The van der Waals surface area contributed by atoms with E-state index in [2.05, 4.69) is 20.2 Å². The van der Waals surface area contributed by atoms with Gasteiger partial charge >= 0.3 is 0 Å². The Morgan fingerprint density at radius 1 is 1.20 bits per heavy atom. The number of anilines is 1. The zero-order chi connectivity index (χ0) is 20.9. The van der Waals surface area contributed by atoms with Crippen LogP contribution in [-0.4, -0.2) is 29.0 Å². The van der Waals surface area contributed by atoms with Crippen LogP contribution in [0.5, 0.6) is 5.75 Å². The van der Waals surface area contributed by atoms with Crippen molar-refractivity contribution in [3.8, 4) is 5.75 Å². The summed E-state index contributed by atoms with van der Waals surface area (Å²) in [5, 5.41) is 4.37. The van der Waals surface area contributed by atoms with E-state index in [-0.39, 0.29) is 5.91 Å². The van der Waals surface area contributed by atoms with E-state index in [0.29, 0.717) is 34.5 Å². The number of benzene rings is 1. The van der Waals surface area contributed by atoms with Gasteiger partial charge in [-0.3, -0.25) is 4.79 Å². The molecule has 8 heteroatoms. The van der Waals surface area contributed by atoms with Crippen LogP contribution in [0.25, 0.3) is 0 Å². The molecule has 1 aliphatic heterocycles. The number of thiazole rings is 1. The number of rotatable bonds is 7. The van der Waals surface area contributed by atoms with Crippen molar-refractivity contribution in [3.05, 3.63) is 68.8 Å². The molecule has 0 saturated carbocycles. The minimum Gasteiger partial charge on any atom is -0.486 e. The average Bonchev–Trinajstić information content (AvgIpc) is 3.42. The summed E-state index contributed by atoms with van der Waals surface area (Å²) in [6.45, 7) is 4.71. The Morgan fingerprint density at radius 2 is 1.97 bits per heavy atom. The van der Waals surface area contributed by atoms with E-state index >= 15 is 0 Å². The number of ether oxygens (including phenoxy) is 1. The number of hydrogen-bond donors (Lipinski definition) is 1. The molecule has 0 unspecified atom stereocenters. The van der Waals surface area contributed by atoms with Gasteiger partial charge in [0.05, 0.1) is 5.69 Å². The van der Waals surface area contributed by atoms with Crippen molar-refractivity contribution < 1.29 is 9.53 Å². The fourth-order valence-electron chi connectivity index (χ4n) is 3.32. The van der Waals surface area contributed by atoms with Gasteiger partial charge in [-0.25, -0.2) is 9.97 Å². The summed E-state index contributed by atoms with van der Waals surface area (Å²) < 4.78 is 5.72. The summed E-state index contributed by atoms with van der Waals surface area (Å²) >= 11 is 7.23. The molecule has 6 nitrogen and oxygen atoms in total. The molecular weight excluding hydrogens is 420 g/mol. The monoisotopic (exact) mass is 442 g/mol. The number of halogens is 1. The molecule has 0 bridgehead atoms. The molecule has 1 saturated heterocycles. The molecule has 0 aliphatic carbocycles. The van der Waals surface area contributed by atoms with E-state index in [4.69, 9.17) is 16.3 Å². The maximum absolute atomic E-state index is 12.6. The lowest BCUT2D eigenvalue weighted by Crippen LogP contribution is -2.23. The van der Waals surface area contributed by atoms with Crippen molar-refractivity contribution in [2.75, 3.05) is 18.0 Å². The van der Waals surface area contributed by atoms with Crippen molar-refractivity contribution in [2.24, 2.45) is 0 Å². The van der Waals surface area contributed by atoms with Crippen molar-refractivity contribution >= 4 is 34.7 Å². The second kappa shape index (κ2) is 9.45. The minimum absolute atomic E-state index is 0.133. The molecule has 3 aromatic rings. The largest absolute Gasteiger partial charge is 0.486 e. The number of aromatic nitrogens is 2. The summed E-state index contributed by atoms with van der Waals surface area (Å²) in [5.74, 6) is 1.58. The van der Waals surface area contributed by atoms with Crippen molar-refractivity contribution in [2.45, 2.75) is 32.9 Å². The van der Waals surface area contributed by atoms with Gasteiger partial charge < -0.3 is 15.0 Å². The van der Waals surface area contributed by atoms with E-state index in [1.165, 1.54) is 24.2 Å². The average molecular weight is 443 g/mol. The topological polar surface area (TPSA) is 67.3 Å². The SMILES string of the molecule is Cc1nc(COc2ccc(Cl)cc2)sc1C(=O)NCc1ccc(N2CCCC2)nc1. The van der Waals surface area contributed by atoms with E-state index in [1.807, 2.05) is 25.3 Å². The molecule has 1 N–H and O–H groups in total. The highest BCUT2D eigenvalue weighted by molar-refractivity contribution is 7.13. The molecule has 1 aliphatic rings. The first-order valence-corrected chi connectivity index (χ1v) is 11.1. The molecule has 0 atom stereocenters. The Balaban J connectivity index is 1.31. The van der Waals surface area contributed by atoms with Crippen LogP contribution in [0.4, 0.5) is 5.82 Å². The van der Waals surface area contributed by atoms with Gasteiger partial charge in [0, 0.05) is 30.9 Å². The third-order valence-electron chi connectivity index (χ3n) is 4.92. The number of carbonyl (C=O) groups is 1. The first-order valence-electron chi connectivity index (χ1n) is 9.91. The zero-order valence-electron chi connectivity index (χ0n) is 16.7. The van der Waals surface area contributed by atoms with Gasteiger partial charge in [-0.1, -0.05) is 17.7 Å². The van der Waals surface area contributed by atoms with E-state index < -0.39 is 0 Å². The third kappa shape index (κ3) is 5.09. The summed E-state index contributed by atoms with van der Waals surface area (Å²) in [5.41, 5.74) is 1.68. The van der Waals surface area contributed by atoms with Crippen LogP contribution >= 0.6 is 22.9 Å². The van der Waals surface area contributed by atoms with Gasteiger partial charge in [0.25, 0.3) is 5.91 Å². The zero-order valence-corrected chi connectivity index (χ0v) is 18.3. The third-order valence-corrected chi connectivity index (χ3v) is 6.30. The predicted molar refractivity (Wildman–Crippen MR) is 119 cm³/mol. The van der Waals surface area contributed by atoms with Gasteiger partial charge in [-0.15, -0.1) is 11.3 Å². The summed E-state index contributed by atoms with van der Waals surface area (Å²) in [4.78, 5) is 24.5. The first kappa shape index (κ1) is 20.6. The lowest BCUT2D eigenvalue weighted by atomic mass is 10.2. The minimum atomic E-state index is -0.133. The molecule has 4 rings (SSSR count). The molecule has 0 spiro atoms. The summed E-state index contributed by atoms with van der Waals surface area (Å²) in [6.07, 6.45) is 4.28. The number of nitrogens with one attached hydrogen (secondary N) is 1. The number of aryl methyl sites for hydroxylation is 1. The van der Waals surface area contributed by atoms with E-state index in [9.17, 15) is 4.79 Å². The highest BCUT2D eigenvalue weighted by Gasteiger charge is 2.16. The van der Waals surface area contributed by atoms with E-state index in [1.54, 1.807) is 24.3 Å². The van der Waals surface area contributed by atoms with Crippen LogP contribution < -0.4 is 15.0 Å². The lowest BCUT2D eigenvalue weighted by molar-refractivity contribution is 0.0954. The fourth-order valence-corrected chi connectivity index (χ4v) is 4.34. The van der Waals surface area contributed by atoms with Crippen LogP contribution in [0.1, 0.15) is 38.8 Å². The molecule has 2 aromatic heterocycles. The summed E-state index contributed by atoms with van der Waals surface area (Å²) in [6, 6.07) is 11.2. The van der Waals surface area contributed by atoms with Gasteiger partial charge in [-0.05, 0) is 55.7 Å². The van der Waals surface area contributed by atoms with E-state index in [0.717, 1.165) is 29.5 Å². The lowest BCUT2D eigenvalue weighted by Gasteiger charge is -2.16. The molecule has 1 aromatic carbocycles. The van der Waals surface area contributed by atoms with Gasteiger partial charge in [-0.2, -0.15) is 0 Å². The molecule has 156 valence electrons. The number of hydrogen-bond acceptors (Lipinski definition) is 6. The van der Waals surface area contributed by atoms with Crippen LogP contribution in [-0.2, 0) is 13.2 Å². The molecule has 3 heterocycles. The molecule has 1 amide bonds. The molecular formula is C22H23ClN4O2S. The quantitative estimate of drug-likeness (QED) is 0.578. The standard InChI is InChI=1S/C22H23ClN4O2S/c1-15-21(30-20(26-15)14-29-18-7-5-17(23)6-8-18)22(28)25-13-16-4-9-19(24-12-16)27-10-2-3-11-27/h4-9,12H,2-3,10-11,13-14H2,1H3,(H,25,28). The maximum atomic E-state index is 12.6. The number of carbonyl (C=O) groups excluding carboxylic acids is 1. The Morgan fingerprint density at radius 3 is 2.67 bits per heavy atom. The number of amides is 1. The highest BCUT2D eigenvalue weighted by atomic mass is 35.5. The molecule has 30 heavy (non-hydrogen) atoms. The van der Waals surface area contributed by atoms with Gasteiger partial charge in [0.1, 0.15) is 28.1 Å². The maximum Gasteiger partial charge on any atom is 0.263 e. The smallest absolute Gasteiger partial charge is 0.263 e. The first-order chi connectivity index (χ1) is 14.6. The van der Waals surface area contributed by atoms with Crippen molar-refractivity contribution in [1.82, 2.24) is 15.3 Å². The number of nitrogens with zero attached hydrogens (tertiary/aromatic N) is 3. The van der Waals surface area contributed by atoms with Crippen LogP contribution in [0, 0.1) is 6.92 Å². The van der Waals surface area contributed by atoms with Crippen molar-refractivity contribution in [1.29, 1.82) is 0 Å². The van der Waals surface area contributed by atoms with Crippen LogP contribution in [0.15, 0.2) is 42.6 Å². The predicted octanol–water partition coefficient (Wildman–Crippen LogP) is 4.61. The van der Waals surface area contributed by atoms with Gasteiger partial charge in [0.2, 0.25) is 0 Å². The van der Waals surface area contributed by atoms with Crippen molar-refractivity contribution in [3.63, 3.8) is 0 Å². The van der Waals surface area contributed by atoms with Crippen LogP contribution in [0.2, 0.25) is 5.02 Å². The van der Waals surface area contributed by atoms with Crippen LogP contribution in [0.3, 0.4) is 0 Å².